The van der Waals surface area contributed by atoms with Crippen LogP contribution in [-0.2, 0) is 11.2 Å². The van der Waals surface area contributed by atoms with Gasteiger partial charge in [0.1, 0.15) is 0 Å². The molecule has 0 N–H and O–H groups in total. The largest absolute Gasteiger partial charge is 0.415 e. The summed E-state index contributed by atoms with van der Waals surface area (Å²) in [6.07, 6.45) is -3.32. The number of rotatable bonds is 5. The second kappa shape index (κ2) is 7.51. The number of methoxy groups -OCH3 is 1. The van der Waals surface area contributed by atoms with Gasteiger partial charge in [-0.1, -0.05) is 29.3 Å². The molecular formula is C16H14Cl2F3NO. The number of ether oxygens (including phenoxy) is 1. The van der Waals surface area contributed by atoms with Gasteiger partial charge in [0, 0.05) is 35.5 Å². The number of halogens is 5. The van der Waals surface area contributed by atoms with Crippen LogP contribution >= 0.6 is 23.2 Å². The van der Waals surface area contributed by atoms with Crippen molar-refractivity contribution in [1.82, 2.24) is 4.98 Å². The van der Waals surface area contributed by atoms with Crippen molar-refractivity contribution in [3.05, 3.63) is 63.9 Å². The summed E-state index contributed by atoms with van der Waals surface area (Å²) in [5.74, 6) is -0.993. The van der Waals surface area contributed by atoms with Gasteiger partial charge in [-0.3, -0.25) is 4.98 Å². The van der Waals surface area contributed by atoms with Gasteiger partial charge < -0.3 is 4.74 Å². The maximum Gasteiger partial charge on any atom is 0.415 e. The fourth-order valence-corrected chi connectivity index (χ4v) is 3.03. The summed E-state index contributed by atoms with van der Waals surface area (Å²) in [4.78, 5) is 3.87. The zero-order chi connectivity index (χ0) is 17.0. The number of aromatic nitrogens is 1. The van der Waals surface area contributed by atoms with Gasteiger partial charge in [-0.05, 0) is 41.8 Å². The topological polar surface area (TPSA) is 22.1 Å². The normalized spacial score (nSPS) is 14.5. The van der Waals surface area contributed by atoms with E-state index in [1.165, 1.54) is 30.6 Å². The summed E-state index contributed by atoms with van der Waals surface area (Å²) in [6.45, 7) is 0. The Morgan fingerprint density at radius 2 is 1.78 bits per heavy atom. The smallest absolute Gasteiger partial charge is 0.371 e. The van der Waals surface area contributed by atoms with E-state index >= 15 is 0 Å². The number of hydrogen-bond acceptors (Lipinski definition) is 2. The summed E-state index contributed by atoms with van der Waals surface area (Å²) < 4.78 is 44.8. The molecule has 0 aliphatic rings. The van der Waals surface area contributed by atoms with Crippen molar-refractivity contribution < 1.29 is 17.9 Å². The minimum Gasteiger partial charge on any atom is -0.371 e. The van der Waals surface area contributed by atoms with Crippen molar-refractivity contribution in [2.45, 2.75) is 24.6 Å². The Balaban J connectivity index is 2.46. The van der Waals surface area contributed by atoms with Crippen LogP contribution in [0.5, 0.6) is 0 Å². The van der Waals surface area contributed by atoms with Crippen LogP contribution in [0.2, 0.25) is 10.0 Å². The van der Waals surface area contributed by atoms with E-state index < -0.39 is 18.2 Å². The third-order valence-corrected chi connectivity index (χ3v) is 4.07. The molecular weight excluding hydrogens is 350 g/mol. The Morgan fingerprint density at radius 3 is 2.30 bits per heavy atom. The van der Waals surface area contributed by atoms with Crippen LogP contribution in [0.3, 0.4) is 0 Å². The fraction of sp³-hybridized carbons (Fsp3) is 0.312. The van der Waals surface area contributed by atoms with Gasteiger partial charge in [0.25, 0.3) is 0 Å². The highest BCUT2D eigenvalue weighted by atomic mass is 35.5. The molecule has 7 heteroatoms. The molecule has 0 spiro atoms. The zero-order valence-corrected chi connectivity index (χ0v) is 13.7. The average molecular weight is 364 g/mol. The highest BCUT2D eigenvalue weighted by molar-refractivity contribution is 6.35. The van der Waals surface area contributed by atoms with Gasteiger partial charge in [-0.15, -0.1) is 0 Å². The maximum atomic E-state index is 13.4. The molecule has 0 aliphatic carbocycles. The molecule has 1 heterocycles. The van der Waals surface area contributed by atoms with Gasteiger partial charge in [-0.25, -0.2) is 0 Å². The van der Waals surface area contributed by atoms with E-state index in [0.29, 0.717) is 16.1 Å². The van der Waals surface area contributed by atoms with Crippen LogP contribution in [0, 0.1) is 0 Å². The highest BCUT2D eigenvalue weighted by Crippen LogP contribution is 2.39. The lowest BCUT2D eigenvalue weighted by molar-refractivity contribution is -0.219. The lowest BCUT2D eigenvalue weighted by Gasteiger charge is -2.29. The molecule has 2 atom stereocenters. The predicted molar refractivity (Wildman–Crippen MR) is 84.0 cm³/mol. The molecule has 124 valence electrons. The molecule has 2 aromatic rings. The summed E-state index contributed by atoms with van der Waals surface area (Å²) in [7, 11) is 1.04. The molecule has 0 aliphatic heterocycles. The Bertz CT molecular complexity index is 650. The van der Waals surface area contributed by atoms with Crippen molar-refractivity contribution in [2.24, 2.45) is 0 Å². The third kappa shape index (κ3) is 4.59. The van der Waals surface area contributed by atoms with Crippen molar-refractivity contribution in [2.75, 3.05) is 7.11 Å². The second-order valence-electron chi connectivity index (χ2n) is 5.03. The van der Waals surface area contributed by atoms with Crippen molar-refractivity contribution in [3.63, 3.8) is 0 Å². The van der Waals surface area contributed by atoms with E-state index in [1.807, 2.05) is 0 Å². The quantitative estimate of drug-likeness (QED) is 0.719. The van der Waals surface area contributed by atoms with Gasteiger partial charge in [0.15, 0.2) is 6.10 Å². The van der Waals surface area contributed by atoms with Crippen LogP contribution in [-0.4, -0.2) is 24.4 Å². The van der Waals surface area contributed by atoms with E-state index in [2.05, 4.69) is 4.98 Å². The molecule has 0 fully saturated rings. The molecule has 0 saturated carbocycles. The van der Waals surface area contributed by atoms with E-state index in [4.69, 9.17) is 27.9 Å². The highest BCUT2D eigenvalue weighted by Gasteiger charge is 2.46. The van der Waals surface area contributed by atoms with Gasteiger partial charge in [0.2, 0.25) is 0 Å². The first-order chi connectivity index (χ1) is 10.8. The third-order valence-electron chi connectivity index (χ3n) is 3.51. The van der Waals surface area contributed by atoms with E-state index in [1.54, 1.807) is 12.1 Å². The summed E-state index contributed by atoms with van der Waals surface area (Å²) in [5, 5.41) is 0.547. The molecule has 2 nitrogen and oxygen atoms in total. The Kier molecular flexibility index (Phi) is 5.89. The molecule has 0 saturated heterocycles. The number of hydrogen-bond donors (Lipinski definition) is 0. The monoisotopic (exact) mass is 363 g/mol. The van der Waals surface area contributed by atoms with E-state index in [-0.39, 0.29) is 11.4 Å². The first kappa shape index (κ1) is 18.0. The zero-order valence-electron chi connectivity index (χ0n) is 12.1. The minimum atomic E-state index is -4.52. The predicted octanol–water partition coefficient (Wildman–Crippen LogP) is 5.29. The van der Waals surface area contributed by atoms with Crippen LogP contribution in [0.1, 0.15) is 17.0 Å². The second-order valence-corrected chi connectivity index (χ2v) is 5.87. The van der Waals surface area contributed by atoms with Gasteiger partial charge >= 0.3 is 6.18 Å². The van der Waals surface area contributed by atoms with Crippen molar-refractivity contribution in [3.8, 4) is 0 Å². The van der Waals surface area contributed by atoms with Crippen molar-refractivity contribution in [1.29, 1.82) is 0 Å². The number of pyridine rings is 1. The summed E-state index contributed by atoms with van der Waals surface area (Å²) in [5.41, 5.74) is 1.05. The van der Waals surface area contributed by atoms with E-state index in [0.717, 1.165) is 7.11 Å². The average Bonchev–Trinajstić information content (AvgIpc) is 2.47. The Labute approximate surface area is 142 Å². The number of benzene rings is 1. The molecule has 23 heavy (non-hydrogen) atoms. The summed E-state index contributed by atoms with van der Waals surface area (Å²) in [6, 6.07) is 7.79. The molecule has 1 aromatic heterocycles. The van der Waals surface area contributed by atoms with Gasteiger partial charge in [-0.2, -0.15) is 13.2 Å². The molecule has 0 bridgehead atoms. The molecule has 2 rings (SSSR count). The SMILES string of the molecule is COC(C(Cc1ccncc1)c1ccc(Cl)cc1Cl)C(F)(F)F. The van der Waals surface area contributed by atoms with Crippen LogP contribution in [0.25, 0.3) is 0 Å². The first-order valence-corrected chi connectivity index (χ1v) is 7.52. The minimum absolute atomic E-state index is 0.113. The van der Waals surface area contributed by atoms with Crippen LogP contribution in [0.15, 0.2) is 42.7 Å². The van der Waals surface area contributed by atoms with Crippen molar-refractivity contribution >= 4 is 23.2 Å². The first-order valence-electron chi connectivity index (χ1n) is 6.76. The van der Waals surface area contributed by atoms with Gasteiger partial charge in [0.05, 0.1) is 0 Å². The number of nitrogens with zero attached hydrogens (tertiary/aromatic N) is 1. The molecule has 0 radical (unpaired) electrons. The lowest BCUT2D eigenvalue weighted by Crippen LogP contribution is -2.37. The lowest BCUT2D eigenvalue weighted by atomic mass is 9.87. The Hall–Kier alpha value is -1.30. The number of alkyl halides is 3. The Morgan fingerprint density at radius 1 is 1.13 bits per heavy atom. The summed E-state index contributed by atoms with van der Waals surface area (Å²) >= 11 is 12.0. The van der Waals surface area contributed by atoms with Crippen LogP contribution in [0.4, 0.5) is 13.2 Å². The van der Waals surface area contributed by atoms with E-state index in [9.17, 15) is 13.2 Å². The van der Waals surface area contributed by atoms with Crippen LogP contribution < -0.4 is 0 Å². The molecule has 2 unspecified atom stereocenters. The standard InChI is InChI=1S/C16H14Cl2F3NO/c1-23-15(16(19,20)21)13(8-10-4-6-22-7-5-10)12-3-2-11(17)9-14(12)18/h2-7,9,13,15H,8H2,1H3. The fourth-order valence-electron chi connectivity index (χ4n) is 2.48. The molecule has 0 amide bonds. The molecule has 1 aromatic carbocycles. The maximum absolute atomic E-state index is 13.4.